The smallest absolute Gasteiger partial charge is 0.253 e. The van der Waals surface area contributed by atoms with E-state index in [4.69, 9.17) is 4.74 Å². The maximum atomic E-state index is 12.4. The van der Waals surface area contributed by atoms with E-state index in [0.717, 1.165) is 0 Å². The minimum Gasteiger partial charge on any atom is -0.382 e. The summed E-state index contributed by atoms with van der Waals surface area (Å²) in [7, 11) is -3.64. The predicted octanol–water partition coefficient (Wildman–Crippen LogP) is 2.40. The fourth-order valence-corrected chi connectivity index (χ4v) is 3.95. The van der Waals surface area contributed by atoms with Crippen LogP contribution in [0.4, 0.5) is 5.69 Å². The predicted molar refractivity (Wildman–Crippen MR) is 112 cm³/mol. The number of sulfone groups is 1. The number of carbonyl (C=O) groups excluding carboxylic acids is 2. The Morgan fingerprint density at radius 2 is 1.69 bits per heavy atom. The van der Waals surface area contributed by atoms with Crippen molar-refractivity contribution in [1.82, 2.24) is 5.32 Å². The second-order valence-electron chi connectivity index (χ2n) is 6.42. The molecule has 0 spiro atoms. The highest BCUT2D eigenvalue weighted by Gasteiger charge is 2.19. The Hall–Kier alpha value is -2.71. The lowest BCUT2D eigenvalue weighted by atomic mass is 10.1. The summed E-state index contributed by atoms with van der Waals surface area (Å²) >= 11 is 0. The van der Waals surface area contributed by atoms with Crippen molar-refractivity contribution >= 4 is 27.3 Å². The highest BCUT2D eigenvalue weighted by molar-refractivity contribution is 7.91. The topological polar surface area (TPSA) is 102 Å². The zero-order valence-electron chi connectivity index (χ0n) is 16.4. The summed E-state index contributed by atoms with van der Waals surface area (Å²) < 4.78 is 29.8. The normalized spacial score (nSPS) is 11.1. The number of amides is 2. The molecule has 2 rings (SSSR count). The molecular weight excluding hydrogens is 392 g/mol. The van der Waals surface area contributed by atoms with E-state index in [9.17, 15) is 18.0 Å². The molecule has 0 aliphatic heterocycles. The zero-order chi connectivity index (χ0) is 21.1. The van der Waals surface area contributed by atoms with Crippen molar-refractivity contribution < 1.29 is 22.7 Å². The second-order valence-corrected chi connectivity index (χ2v) is 8.48. The van der Waals surface area contributed by atoms with Gasteiger partial charge >= 0.3 is 0 Å². The van der Waals surface area contributed by atoms with Gasteiger partial charge in [-0.15, -0.1) is 0 Å². The fourth-order valence-electron chi connectivity index (χ4n) is 2.67. The molecule has 156 valence electrons. The van der Waals surface area contributed by atoms with Crippen LogP contribution < -0.4 is 10.6 Å². The van der Waals surface area contributed by atoms with Crippen LogP contribution in [0.15, 0.2) is 54.6 Å². The molecule has 0 fully saturated rings. The van der Waals surface area contributed by atoms with Crippen LogP contribution in [0.5, 0.6) is 0 Å². The summed E-state index contributed by atoms with van der Waals surface area (Å²) in [4.78, 5) is 24.7. The largest absolute Gasteiger partial charge is 0.382 e. The lowest BCUT2D eigenvalue weighted by Gasteiger charge is -2.12. The number of hydrogen-bond acceptors (Lipinski definition) is 5. The Morgan fingerprint density at radius 3 is 2.41 bits per heavy atom. The van der Waals surface area contributed by atoms with Crippen LogP contribution in [0.25, 0.3) is 0 Å². The second kappa shape index (κ2) is 11.3. The number of ether oxygens (including phenoxy) is 1. The van der Waals surface area contributed by atoms with Gasteiger partial charge < -0.3 is 15.4 Å². The van der Waals surface area contributed by atoms with Crippen molar-refractivity contribution in [1.29, 1.82) is 0 Å². The van der Waals surface area contributed by atoms with E-state index in [-0.39, 0.29) is 22.9 Å². The number of hydrogen-bond donors (Lipinski definition) is 2. The van der Waals surface area contributed by atoms with E-state index < -0.39 is 21.5 Å². The molecule has 0 heterocycles. The van der Waals surface area contributed by atoms with Crippen molar-refractivity contribution in [3.05, 3.63) is 65.7 Å². The van der Waals surface area contributed by atoms with Gasteiger partial charge in [0, 0.05) is 19.8 Å². The third-order valence-corrected chi connectivity index (χ3v) is 5.46. The minimum atomic E-state index is -3.64. The van der Waals surface area contributed by atoms with Gasteiger partial charge in [-0.2, -0.15) is 0 Å². The van der Waals surface area contributed by atoms with Crippen LogP contribution in [0.3, 0.4) is 0 Å². The van der Waals surface area contributed by atoms with E-state index in [1.54, 1.807) is 54.6 Å². The van der Waals surface area contributed by atoms with E-state index >= 15 is 0 Å². The van der Waals surface area contributed by atoms with Gasteiger partial charge in [0.05, 0.1) is 17.0 Å². The Kier molecular flexibility index (Phi) is 8.82. The molecule has 0 atom stereocenters. The zero-order valence-corrected chi connectivity index (χ0v) is 17.2. The van der Waals surface area contributed by atoms with Crippen LogP contribution in [0.2, 0.25) is 0 Å². The van der Waals surface area contributed by atoms with Crippen molar-refractivity contribution in [2.75, 3.05) is 30.8 Å². The number of rotatable bonds is 11. The quantitative estimate of drug-likeness (QED) is 0.546. The Morgan fingerprint density at radius 1 is 1.00 bits per heavy atom. The summed E-state index contributed by atoms with van der Waals surface area (Å²) in [6, 6.07) is 15.2. The van der Waals surface area contributed by atoms with Crippen molar-refractivity contribution in [3.63, 3.8) is 0 Å². The molecule has 2 amide bonds. The first kappa shape index (κ1) is 22.6. The van der Waals surface area contributed by atoms with Crippen LogP contribution in [-0.4, -0.2) is 45.7 Å². The van der Waals surface area contributed by atoms with E-state index in [1.165, 1.54) is 0 Å². The standard InChI is InChI=1S/C21H26N2O5S/c1-2-28-14-8-13-22-21(25)18-11-6-7-12-19(18)23-20(24)16-29(26,27)15-17-9-4-3-5-10-17/h3-7,9-12H,2,8,13-16H2,1H3,(H,22,25)(H,23,24). The van der Waals surface area contributed by atoms with Gasteiger partial charge in [0.2, 0.25) is 5.91 Å². The first-order valence-corrected chi connectivity index (χ1v) is 11.2. The molecule has 0 unspecified atom stereocenters. The summed E-state index contributed by atoms with van der Waals surface area (Å²) in [6.07, 6.45) is 0.672. The SMILES string of the molecule is CCOCCCNC(=O)c1ccccc1NC(=O)CS(=O)(=O)Cc1ccccc1. The van der Waals surface area contributed by atoms with Gasteiger partial charge in [-0.05, 0) is 31.0 Å². The van der Waals surface area contributed by atoms with Crippen LogP contribution in [0.1, 0.15) is 29.3 Å². The van der Waals surface area contributed by atoms with Gasteiger partial charge in [-0.3, -0.25) is 9.59 Å². The molecule has 2 aromatic carbocycles. The lowest BCUT2D eigenvalue weighted by molar-refractivity contribution is -0.113. The number of para-hydroxylation sites is 1. The highest BCUT2D eigenvalue weighted by Crippen LogP contribution is 2.15. The first-order chi connectivity index (χ1) is 13.9. The van der Waals surface area contributed by atoms with E-state index in [2.05, 4.69) is 10.6 Å². The first-order valence-electron chi connectivity index (χ1n) is 9.40. The molecule has 2 N–H and O–H groups in total. The maximum Gasteiger partial charge on any atom is 0.253 e. The van der Waals surface area contributed by atoms with E-state index in [0.29, 0.717) is 31.7 Å². The van der Waals surface area contributed by atoms with Gasteiger partial charge in [-0.25, -0.2) is 8.42 Å². The summed E-state index contributed by atoms with van der Waals surface area (Å²) in [6.45, 7) is 3.51. The molecular formula is C21H26N2O5S. The summed E-state index contributed by atoms with van der Waals surface area (Å²) in [5, 5.41) is 5.30. The molecule has 2 aromatic rings. The monoisotopic (exact) mass is 418 g/mol. The van der Waals surface area contributed by atoms with Crippen molar-refractivity contribution in [3.8, 4) is 0 Å². The molecule has 0 radical (unpaired) electrons. The lowest BCUT2D eigenvalue weighted by Crippen LogP contribution is -2.28. The Bertz CT molecular complexity index is 914. The number of carbonyl (C=O) groups is 2. The molecule has 0 bridgehead atoms. The molecule has 0 saturated carbocycles. The van der Waals surface area contributed by atoms with Gasteiger partial charge in [0.25, 0.3) is 5.91 Å². The molecule has 8 heteroatoms. The third-order valence-electron chi connectivity index (χ3n) is 3.98. The minimum absolute atomic E-state index is 0.219. The van der Waals surface area contributed by atoms with Crippen LogP contribution >= 0.6 is 0 Å². The van der Waals surface area contributed by atoms with E-state index in [1.807, 2.05) is 6.92 Å². The van der Waals surface area contributed by atoms with Gasteiger partial charge in [0.1, 0.15) is 5.75 Å². The molecule has 0 saturated heterocycles. The third kappa shape index (κ3) is 8.05. The highest BCUT2D eigenvalue weighted by atomic mass is 32.2. The van der Waals surface area contributed by atoms with Gasteiger partial charge in [0.15, 0.2) is 9.84 Å². The number of benzene rings is 2. The molecule has 0 aliphatic carbocycles. The number of nitrogens with one attached hydrogen (secondary N) is 2. The average molecular weight is 419 g/mol. The molecule has 29 heavy (non-hydrogen) atoms. The summed E-state index contributed by atoms with van der Waals surface area (Å²) in [5.41, 5.74) is 1.17. The van der Waals surface area contributed by atoms with Crippen molar-refractivity contribution in [2.24, 2.45) is 0 Å². The Balaban J connectivity index is 1.95. The molecule has 7 nitrogen and oxygen atoms in total. The van der Waals surface area contributed by atoms with Crippen LogP contribution in [0, 0.1) is 0 Å². The maximum absolute atomic E-state index is 12.4. The van der Waals surface area contributed by atoms with Gasteiger partial charge in [-0.1, -0.05) is 42.5 Å². The summed E-state index contributed by atoms with van der Waals surface area (Å²) in [5.74, 6) is -1.91. The molecule has 0 aliphatic rings. The Labute approximate surface area is 171 Å². The average Bonchev–Trinajstić information content (AvgIpc) is 2.68. The van der Waals surface area contributed by atoms with Crippen LogP contribution in [-0.2, 0) is 25.1 Å². The number of anilines is 1. The fraction of sp³-hybridized carbons (Fsp3) is 0.333. The molecule has 0 aromatic heterocycles. The van der Waals surface area contributed by atoms with Crippen molar-refractivity contribution in [2.45, 2.75) is 19.1 Å².